The number of carbonyl (C=O) groups excluding carboxylic acids is 1. The molecule has 0 aliphatic heterocycles. The van der Waals surface area contributed by atoms with Gasteiger partial charge in [-0.3, -0.25) is 4.79 Å². The Balaban J connectivity index is 0. The highest BCUT2D eigenvalue weighted by Gasteiger charge is 2.18. The number of hydrogen-bond donors (Lipinski definition) is 2. The molecular weight excluding hydrogens is 340 g/mol. The van der Waals surface area contributed by atoms with E-state index in [1.54, 1.807) is 0 Å². The Morgan fingerprint density at radius 3 is 2.00 bits per heavy atom. The van der Waals surface area contributed by atoms with Crippen molar-refractivity contribution in [1.29, 1.82) is 0 Å². The zero-order valence-corrected chi connectivity index (χ0v) is 15.9. The van der Waals surface area contributed by atoms with E-state index in [9.17, 15) is 13.2 Å². The van der Waals surface area contributed by atoms with E-state index in [0.717, 1.165) is 19.3 Å². The standard InChI is InChI=1S/C11H15NO4S.C4H11N.ClH/c1-4-7-5-8(17(3,14)15)6-9(11(12)13)10(7)16-2;1-3-5-4-2;/h5-6H,4H2,1-3H3,(H2,12,13);5H,3-4H2,1-2H3;1H. The van der Waals surface area contributed by atoms with Gasteiger partial charge in [-0.15, -0.1) is 12.4 Å². The van der Waals surface area contributed by atoms with Crippen molar-refractivity contribution in [1.82, 2.24) is 5.32 Å². The van der Waals surface area contributed by atoms with Crippen LogP contribution in [-0.2, 0) is 16.3 Å². The van der Waals surface area contributed by atoms with Crippen LogP contribution in [0, 0.1) is 0 Å². The Labute approximate surface area is 145 Å². The molecule has 0 saturated heterocycles. The average Bonchev–Trinajstić information content (AvgIpc) is 2.46. The fourth-order valence-electron chi connectivity index (χ4n) is 1.81. The minimum atomic E-state index is -3.38. The quantitative estimate of drug-likeness (QED) is 0.799. The van der Waals surface area contributed by atoms with E-state index >= 15 is 0 Å². The maximum atomic E-state index is 11.5. The normalized spacial score (nSPS) is 10.1. The van der Waals surface area contributed by atoms with Crippen LogP contribution in [-0.4, -0.2) is 40.8 Å². The Kier molecular flexibility index (Phi) is 11.7. The number of hydrogen-bond acceptors (Lipinski definition) is 5. The summed E-state index contributed by atoms with van der Waals surface area (Å²) < 4.78 is 28.1. The summed E-state index contributed by atoms with van der Waals surface area (Å²) in [6.45, 7) is 8.23. The van der Waals surface area contributed by atoms with Gasteiger partial charge in [0.2, 0.25) is 0 Å². The molecule has 0 fully saturated rings. The predicted octanol–water partition coefficient (Wildman–Crippen LogP) is 1.80. The number of sulfone groups is 1. The van der Waals surface area contributed by atoms with Gasteiger partial charge in [-0.2, -0.15) is 0 Å². The average molecular weight is 367 g/mol. The third-order valence-corrected chi connectivity index (χ3v) is 4.01. The number of primary amides is 1. The molecule has 1 rings (SSSR count). The monoisotopic (exact) mass is 366 g/mol. The van der Waals surface area contributed by atoms with Gasteiger partial charge in [0.05, 0.1) is 17.6 Å². The van der Waals surface area contributed by atoms with Crippen molar-refractivity contribution >= 4 is 28.2 Å². The number of aryl methyl sites for hydroxylation is 1. The summed E-state index contributed by atoms with van der Waals surface area (Å²) in [6.07, 6.45) is 1.63. The van der Waals surface area contributed by atoms with Gasteiger partial charge < -0.3 is 15.8 Å². The topological polar surface area (TPSA) is 98.5 Å². The molecule has 0 atom stereocenters. The summed E-state index contributed by atoms with van der Waals surface area (Å²) >= 11 is 0. The highest BCUT2D eigenvalue weighted by atomic mass is 35.5. The van der Waals surface area contributed by atoms with Crippen molar-refractivity contribution < 1.29 is 17.9 Å². The molecule has 1 aromatic carbocycles. The summed E-state index contributed by atoms with van der Waals surface area (Å²) in [6, 6.07) is 2.75. The number of halogens is 1. The predicted molar refractivity (Wildman–Crippen MR) is 95.5 cm³/mol. The molecule has 0 unspecified atom stereocenters. The van der Waals surface area contributed by atoms with E-state index in [1.165, 1.54) is 19.2 Å². The summed E-state index contributed by atoms with van der Waals surface area (Å²) in [5, 5.41) is 3.11. The second-order valence-corrected chi connectivity index (χ2v) is 6.63. The van der Waals surface area contributed by atoms with Crippen LogP contribution in [0.5, 0.6) is 5.75 Å². The van der Waals surface area contributed by atoms with Gasteiger partial charge >= 0.3 is 0 Å². The van der Waals surface area contributed by atoms with Gasteiger partial charge in [0.25, 0.3) is 5.91 Å². The van der Waals surface area contributed by atoms with Crippen LogP contribution in [0.2, 0.25) is 0 Å². The molecule has 23 heavy (non-hydrogen) atoms. The lowest BCUT2D eigenvalue weighted by Crippen LogP contribution is -2.15. The van der Waals surface area contributed by atoms with Crippen LogP contribution < -0.4 is 15.8 Å². The van der Waals surface area contributed by atoms with Crippen LogP contribution in [0.15, 0.2) is 17.0 Å². The number of carbonyl (C=O) groups is 1. The first-order valence-electron chi connectivity index (χ1n) is 7.14. The van der Waals surface area contributed by atoms with Crippen LogP contribution in [0.25, 0.3) is 0 Å². The lowest BCUT2D eigenvalue weighted by molar-refractivity contribution is 0.0997. The SMILES string of the molecule is CCNCC.CCc1cc(S(C)(=O)=O)cc(C(N)=O)c1OC.Cl. The van der Waals surface area contributed by atoms with Crippen molar-refractivity contribution in [2.75, 3.05) is 26.5 Å². The zero-order chi connectivity index (χ0) is 17.3. The summed E-state index contributed by atoms with van der Waals surface area (Å²) in [5.74, 6) is -0.366. The maximum Gasteiger partial charge on any atom is 0.252 e. The van der Waals surface area contributed by atoms with E-state index in [0.29, 0.717) is 17.7 Å². The molecule has 6 nitrogen and oxygen atoms in total. The summed E-state index contributed by atoms with van der Waals surface area (Å²) in [5.41, 5.74) is 5.95. The third-order valence-electron chi connectivity index (χ3n) is 2.92. The van der Waals surface area contributed by atoms with E-state index in [2.05, 4.69) is 19.2 Å². The Morgan fingerprint density at radius 1 is 1.22 bits per heavy atom. The number of rotatable bonds is 6. The van der Waals surface area contributed by atoms with Crippen LogP contribution in [0.4, 0.5) is 0 Å². The third kappa shape index (κ3) is 7.67. The first-order chi connectivity index (χ1) is 10.2. The minimum Gasteiger partial charge on any atom is -0.496 e. The number of amides is 1. The lowest BCUT2D eigenvalue weighted by atomic mass is 10.1. The van der Waals surface area contributed by atoms with Crippen LogP contribution in [0.1, 0.15) is 36.7 Å². The molecule has 0 spiro atoms. The van der Waals surface area contributed by atoms with Crippen molar-refractivity contribution in [3.8, 4) is 5.75 Å². The van der Waals surface area contributed by atoms with Gasteiger partial charge in [-0.25, -0.2) is 8.42 Å². The van der Waals surface area contributed by atoms with Gasteiger partial charge in [-0.05, 0) is 37.2 Å². The molecule has 3 N–H and O–H groups in total. The number of benzene rings is 1. The Morgan fingerprint density at radius 2 is 1.74 bits per heavy atom. The molecule has 1 amide bonds. The van der Waals surface area contributed by atoms with E-state index in [-0.39, 0.29) is 22.9 Å². The van der Waals surface area contributed by atoms with Crippen LogP contribution >= 0.6 is 12.4 Å². The molecule has 8 heteroatoms. The molecule has 0 radical (unpaired) electrons. The molecule has 0 aliphatic rings. The van der Waals surface area contributed by atoms with Crippen molar-refractivity contribution in [3.05, 3.63) is 23.3 Å². The molecule has 1 aromatic rings. The summed E-state index contributed by atoms with van der Waals surface area (Å²) in [4.78, 5) is 11.3. The lowest BCUT2D eigenvalue weighted by Gasteiger charge is -2.12. The number of methoxy groups -OCH3 is 1. The Bertz CT molecular complexity index is 602. The van der Waals surface area contributed by atoms with Gasteiger partial charge in [0.15, 0.2) is 9.84 Å². The van der Waals surface area contributed by atoms with Gasteiger partial charge in [-0.1, -0.05) is 20.8 Å². The molecule has 0 heterocycles. The number of nitrogens with one attached hydrogen (secondary N) is 1. The molecular formula is C15H27ClN2O4S. The maximum absolute atomic E-state index is 11.5. The smallest absolute Gasteiger partial charge is 0.252 e. The van der Waals surface area contributed by atoms with Gasteiger partial charge in [0, 0.05) is 6.26 Å². The second-order valence-electron chi connectivity index (χ2n) is 4.61. The first-order valence-corrected chi connectivity index (χ1v) is 9.03. The highest BCUT2D eigenvalue weighted by molar-refractivity contribution is 7.90. The Hall–Kier alpha value is -1.31. The van der Waals surface area contributed by atoms with Crippen LogP contribution in [0.3, 0.4) is 0 Å². The van der Waals surface area contributed by atoms with Crippen molar-refractivity contribution in [2.45, 2.75) is 32.1 Å². The largest absolute Gasteiger partial charge is 0.496 e. The molecule has 0 aliphatic carbocycles. The second kappa shape index (κ2) is 11.3. The molecule has 0 aromatic heterocycles. The first kappa shape index (κ1) is 23.9. The van der Waals surface area contributed by atoms with E-state index in [1.807, 2.05) is 6.92 Å². The number of ether oxygens (including phenoxy) is 1. The number of nitrogens with two attached hydrogens (primary N) is 1. The summed E-state index contributed by atoms with van der Waals surface area (Å²) in [7, 11) is -1.96. The molecule has 134 valence electrons. The van der Waals surface area contributed by atoms with Crippen molar-refractivity contribution in [2.24, 2.45) is 5.73 Å². The van der Waals surface area contributed by atoms with Crippen molar-refractivity contribution in [3.63, 3.8) is 0 Å². The van der Waals surface area contributed by atoms with Gasteiger partial charge in [0.1, 0.15) is 5.75 Å². The van der Waals surface area contributed by atoms with E-state index < -0.39 is 15.7 Å². The fourth-order valence-corrected chi connectivity index (χ4v) is 2.50. The molecule has 0 saturated carbocycles. The zero-order valence-electron chi connectivity index (χ0n) is 14.3. The minimum absolute atomic E-state index is 0. The fraction of sp³-hybridized carbons (Fsp3) is 0.533. The van der Waals surface area contributed by atoms with E-state index in [4.69, 9.17) is 10.5 Å². The molecule has 0 bridgehead atoms. The highest BCUT2D eigenvalue weighted by Crippen LogP contribution is 2.28.